The number of ether oxygens (including phenoxy) is 1. The van der Waals surface area contributed by atoms with Crippen LogP contribution < -0.4 is 10.5 Å². The molecule has 1 aliphatic heterocycles. The molecule has 5 atom stereocenters. The Labute approximate surface area is 183 Å². The highest BCUT2D eigenvalue weighted by atomic mass is 16.5. The Morgan fingerprint density at radius 2 is 1.74 bits per heavy atom. The minimum atomic E-state index is -0.0630. The van der Waals surface area contributed by atoms with Gasteiger partial charge in [0.15, 0.2) is 5.96 Å². The van der Waals surface area contributed by atoms with Gasteiger partial charge in [0, 0.05) is 7.05 Å². The molecule has 5 unspecified atom stereocenters. The number of methoxy groups -OCH3 is 1. The molecule has 0 spiro atoms. The van der Waals surface area contributed by atoms with Crippen molar-refractivity contribution in [1.29, 1.82) is 0 Å². The van der Waals surface area contributed by atoms with Crippen molar-refractivity contribution in [2.24, 2.45) is 28.5 Å². The first-order chi connectivity index (χ1) is 15.0. The van der Waals surface area contributed by atoms with Gasteiger partial charge in [-0.15, -0.1) is 0 Å². The van der Waals surface area contributed by atoms with Crippen LogP contribution in [0.2, 0.25) is 0 Å². The summed E-state index contributed by atoms with van der Waals surface area (Å²) in [6.45, 7) is 0. The maximum Gasteiger partial charge on any atom is 0.231 e. The second kappa shape index (κ2) is 7.88. The second-order valence-corrected chi connectivity index (χ2v) is 8.96. The van der Waals surface area contributed by atoms with Gasteiger partial charge in [-0.1, -0.05) is 48.6 Å². The number of aliphatic imine (C=N–C) groups is 1. The van der Waals surface area contributed by atoms with E-state index in [0.29, 0.717) is 36.1 Å². The second-order valence-electron chi connectivity index (χ2n) is 8.96. The van der Waals surface area contributed by atoms with Gasteiger partial charge in [0.2, 0.25) is 5.91 Å². The van der Waals surface area contributed by atoms with Crippen LogP contribution in [0.3, 0.4) is 0 Å². The van der Waals surface area contributed by atoms with Crippen LogP contribution in [-0.4, -0.2) is 37.0 Å². The van der Waals surface area contributed by atoms with E-state index in [1.807, 2.05) is 12.1 Å². The third-order valence-electron chi connectivity index (χ3n) is 7.33. The molecule has 5 nitrogen and oxygen atoms in total. The van der Waals surface area contributed by atoms with Crippen molar-refractivity contribution < 1.29 is 9.53 Å². The SMILES string of the molecule is COc1cccc(-c2cccc(C3C4C=CC(CC4)C3C3CC(=O)N(C)C(N)=N3)c2)c1. The zero-order chi connectivity index (χ0) is 21.5. The van der Waals surface area contributed by atoms with E-state index in [0.717, 1.165) is 17.7 Å². The number of nitrogens with two attached hydrogens (primary N) is 1. The lowest BCUT2D eigenvalue weighted by molar-refractivity contribution is -0.128. The van der Waals surface area contributed by atoms with E-state index in [9.17, 15) is 4.79 Å². The Balaban J connectivity index is 1.54. The zero-order valence-electron chi connectivity index (χ0n) is 18.1. The molecule has 0 aromatic heterocycles. The summed E-state index contributed by atoms with van der Waals surface area (Å²) >= 11 is 0. The molecule has 3 aliphatic carbocycles. The van der Waals surface area contributed by atoms with Gasteiger partial charge >= 0.3 is 0 Å². The number of hydrogen-bond acceptors (Lipinski definition) is 4. The molecule has 4 aliphatic rings. The van der Waals surface area contributed by atoms with Crippen LogP contribution in [0.15, 0.2) is 65.7 Å². The van der Waals surface area contributed by atoms with E-state index in [4.69, 9.17) is 15.5 Å². The Kier molecular flexibility index (Phi) is 5.05. The van der Waals surface area contributed by atoms with Crippen LogP contribution in [0.25, 0.3) is 11.1 Å². The van der Waals surface area contributed by atoms with E-state index >= 15 is 0 Å². The maximum atomic E-state index is 12.5. The minimum Gasteiger partial charge on any atom is -0.497 e. The Bertz CT molecular complexity index is 1060. The molecule has 2 N–H and O–H groups in total. The molecule has 6 rings (SSSR count). The Hall–Kier alpha value is -3.08. The van der Waals surface area contributed by atoms with Crippen molar-refractivity contribution in [1.82, 2.24) is 4.90 Å². The van der Waals surface area contributed by atoms with Gasteiger partial charge in [0.05, 0.1) is 19.6 Å². The van der Waals surface area contributed by atoms with Crippen molar-refractivity contribution >= 4 is 11.9 Å². The number of carbonyl (C=O) groups is 1. The van der Waals surface area contributed by atoms with Crippen LogP contribution in [0.4, 0.5) is 0 Å². The quantitative estimate of drug-likeness (QED) is 0.761. The molecule has 0 saturated heterocycles. The molecular formula is C26H29N3O2. The lowest BCUT2D eigenvalue weighted by Crippen LogP contribution is -2.50. The summed E-state index contributed by atoms with van der Waals surface area (Å²) in [6.07, 6.45) is 7.53. The summed E-state index contributed by atoms with van der Waals surface area (Å²) in [7, 11) is 3.40. The van der Waals surface area contributed by atoms with Crippen LogP contribution >= 0.6 is 0 Å². The molecular weight excluding hydrogens is 386 g/mol. The van der Waals surface area contributed by atoms with E-state index in [2.05, 4.69) is 48.6 Å². The number of amides is 1. The van der Waals surface area contributed by atoms with Crippen molar-refractivity contribution in [2.75, 3.05) is 14.2 Å². The van der Waals surface area contributed by atoms with Gasteiger partial charge < -0.3 is 10.5 Å². The normalized spacial score (nSPS) is 29.7. The average Bonchev–Trinajstić information content (AvgIpc) is 2.82. The van der Waals surface area contributed by atoms with E-state index in [1.54, 1.807) is 14.2 Å². The number of allylic oxidation sites excluding steroid dienone is 2. The molecule has 5 heteroatoms. The topological polar surface area (TPSA) is 67.9 Å². The predicted octanol–water partition coefficient (Wildman–Crippen LogP) is 4.20. The Morgan fingerprint density at radius 3 is 2.45 bits per heavy atom. The van der Waals surface area contributed by atoms with E-state index < -0.39 is 0 Å². The maximum absolute atomic E-state index is 12.5. The lowest BCUT2D eigenvalue weighted by atomic mass is 9.57. The van der Waals surface area contributed by atoms with E-state index in [1.165, 1.54) is 22.4 Å². The third kappa shape index (κ3) is 3.52. The van der Waals surface area contributed by atoms with Gasteiger partial charge in [-0.05, 0) is 65.3 Å². The van der Waals surface area contributed by atoms with Crippen LogP contribution in [0, 0.1) is 17.8 Å². The molecule has 1 saturated carbocycles. The fourth-order valence-electron chi connectivity index (χ4n) is 5.72. The lowest BCUT2D eigenvalue weighted by Gasteiger charge is -2.48. The average molecular weight is 416 g/mol. The molecule has 31 heavy (non-hydrogen) atoms. The summed E-state index contributed by atoms with van der Waals surface area (Å²) < 4.78 is 5.42. The highest BCUT2D eigenvalue weighted by molar-refractivity contribution is 5.98. The first-order valence-corrected chi connectivity index (χ1v) is 11.1. The summed E-state index contributed by atoms with van der Waals surface area (Å²) in [6, 6.07) is 17.0. The summed E-state index contributed by atoms with van der Waals surface area (Å²) in [5.74, 6) is 2.81. The number of rotatable bonds is 4. The van der Waals surface area contributed by atoms with Gasteiger partial charge in [0.1, 0.15) is 5.75 Å². The third-order valence-corrected chi connectivity index (χ3v) is 7.33. The number of benzene rings is 2. The number of nitrogens with zero attached hydrogens (tertiary/aromatic N) is 2. The fourth-order valence-corrected chi connectivity index (χ4v) is 5.72. The molecule has 1 fully saturated rings. The van der Waals surface area contributed by atoms with Crippen LogP contribution in [0.1, 0.15) is 30.7 Å². The van der Waals surface area contributed by atoms with Crippen molar-refractivity contribution in [3.63, 3.8) is 0 Å². The fraction of sp³-hybridized carbons (Fsp3) is 0.385. The predicted molar refractivity (Wildman–Crippen MR) is 123 cm³/mol. The molecule has 1 heterocycles. The monoisotopic (exact) mass is 415 g/mol. The number of fused-ring (bicyclic) bond motifs is 2. The van der Waals surface area contributed by atoms with Crippen molar-refractivity contribution in [3.8, 4) is 16.9 Å². The minimum absolute atomic E-state index is 0.0619. The van der Waals surface area contributed by atoms with Crippen LogP contribution in [0.5, 0.6) is 5.75 Å². The van der Waals surface area contributed by atoms with Gasteiger partial charge in [-0.2, -0.15) is 0 Å². The van der Waals surface area contributed by atoms with Crippen molar-refractivity contribution in [2.45, 2.75) is 31.2 Å². The first kappa shape index (κ1) is 19.9. The number of guanidine groups is 1. The van der Waals surface area contributed by atoms with Crippen molar-refractivity contribution in [3.05, 3.63) is 66.2 Å². The molecule has 0 radical (unpaired) electrons. The van der Waals surface area contributed by atoms with Gasteiger partial charge in [-0.3, -0.25) is 9.69 Å². The molecule has 160 valence electrons. The molecule has 1 amide bonds. The molecule has 2 bridgehead atoms. The standard InChI is InChI=1S/C26H29N3O2/c1-29-23(30)15-22(28-26(29)27)25-17-11-9-16(10-12-17)24(25)20-7-3-5-18(13-20)19-6-4-8-21(14-19)31-2/h3-9,11,13-14,16-17,22,24-25H,10,12,15H2,1-2H3,(H2,27,28). The molecule has 2 aromatic rings. The molecule has 2 aromatic carbocycles. The van der Waals surface area contributed by atoms with E-state index in [-0.39, 0.29) is 11.9 Å². The smallest absolute Gasteiger partial charge is 0.231 e. The first-order valence-electron chi connectivity index (χ1n) is 11.1. The summed E-state index contributed by atoms with van der Waals surface area (Å²) in [5, 5.41) is 0. The van der Waals surface area contributed by atoms with Crippen LogP contribution in [-0.2, 0) is 4.79 Å². The summed E-state index contributed by atoms with van der Waals surface area (Å²) in [4.78, 5) is 18.8. The van der Waals surface area contributed by atoms with Gasteiger partial charge in [0.25, 0.3) is 0 Å². The number of hydrogen-bond donors (Lipinski definition) is 1. The summed E-state index contributed by atoms with van der Waals surface area (Å²) in [5.41, 5.74) is 9.75. The largest absolute Gasteiger partial charge is 0.497 e. The highest BCUT2D eigenvalue weighted by Crippen LogP contribution is 2.53. The van der Waals surface area contributed by atoms with Gasteiger partial charge in [-0.25, -0.2) is 4.99 Å². The Morgan fingerprint density at radius 1 is 1.03 bits per heavy atom. The number of carbonyl (C=O) groups excluding carboxylic acids is 1. The zero-order valence-corrected chi connectivity index (χ0v) is 18.1. The highest BCUT2D eigenvalue weighted by Gasteiger charge is 2.46.